The van der Waals surface area contributed by atoms with Gasteiger partial charge in [0, 0.05) is 17.1 Å². The first-order valence-electron chi connectivity index (χ1n) is 9.75. The fraction of sp³-hybridized carbons (Fsp3) is 0.292. The highest BCUT2D eigenvalue weighted by Crippen LogP contribution is 2.20. The average molecular weight is 393 g/mol. The summed E-state index contributed by atoms with van der Waals surface area (Å²) in [6.07, 6.45) is 0.838. The second-order valence-corrected chi connectivity index (χ2v) is 8.39. The van der Waals surface area contributed by atoms with Crippen LogP contribution in [0.3, 0.4) is 0 Å². The zero-order chi connectivity index (χ0) is 19.9. The van der Waals surface area contributed by atoms with Crippen molar-refractivity contribution < 1.29 is 4.79 Å². The zero-order valence-electron chi connectivity index (χ0n) is 16.8. The predicted octanol–water partition coefficient (Wildman–Crippen LogP) is 6.46. The number of benzene rings is 2. The minimum Gasteiger partial charge on any atom is -0.319 e. The van der Waals surface area contributed by atoms with Crippen LogP contribution in [0.2, 0.25) is 0 Å². The highest BCUT2D eigenvalue weighted by Gasteiger charge is 2.16. The summed E-state index contributed by atoms with van der Waals surface area (Å²) in [5.74, 6) is 0.480. The highest BCUT2D eigenvalue weighted by atomic mass is 32.1. The highest BCUT2D eigenvalue weighted by molar-refractivity contribution is 7.10. The maximum absolute atomic E-state index is 13.0. The van der Waals surface area contributed by atoms with Gasteiger partial charge < -0.3 is 10.2 Å². The Morgan fingerprint density at radius 3 is 2.36 bits per heavy atom. The quantitative estimate of drug-likeness (QED) is 0.492. The van der Waals surface area contributed by atoms with Crippen molar-refractivity contribution in [1.82, 2.24) is 4.90 Å². The summed E-state index contributed by atoms with van der Waals surface area (Å²) in [7, 11) is 0. The van der Waals surface area contributed by atoms with Gasteiger partial charge in [-0.25, -0.2) is 4.79 Å². The molecule has 0 aliphatic carbocycles. The number of thiophene rings is 1. The number of carbonyl (C=O) groups is 1. The Morgan fingerprint density at radius 1 is 1.04 bits per heavy atom. The van der Waals surface area contributed by atoms with E-state index in [4.69, 9.17) is 0 Å². The molecule has 0 saturated heterocycles. The standard InChI is InChI=1S/C24H28N2OS/c1-18(2)21-9-11-22(12-10-21)25-24(27)26(17-23-19(3)14-16-28-23)15-13-20-7-5-4-6-8-20/h4-12,14,16,18H,13,15,17H2,1-3H3,(H,25,27). The van der Waals surface area contributed by atoms with Gasteiger partial charge in [0.15, 0.2) is 0 Å². The van der Waals surface area contributed by atoms with E-state index in [0.717, 1.165) is 12.1 Å². The first-order valence-corrected chi connectivity index (χ1v) is 10.6. The fourth-order valence-corrected chi connectivity index (χ4v) is 3.98. The van der Waals surface area contributed by atoms with E-state index in [-0.39, 0.29) is 6.03 Å². The van der Waals surface area contributed by atoms with Gasteiger partial charge in [-0.15, -0.1) is 11.3 Å². The van der Waals surface area contributed by atoms with Crippen LogP contribution >= 0.6 is 11.3 Å². The van der Waals surface area contributed by atoms with Crippen molar-refractivity contribution in [2.45, 2.75) is 39.7 Å². The Morgan fingerprint density at radius 2 is 1.75 bits per heavy atom. The summed E-state index contributed by atoms with van der Waals surface area (Å²) in [6, 6.07) is 20.5. The van der Waals surface area contributed by atoms with E-state index in [1.165, 1.54) is 21.6 Å². The molecule has 3 rings (SSSR count). The van der Waals surface area contributed by atoms with Crippen LogP contribution in [0.4, 0.5) is 10.5 Å². The predicted molar refractivity (Wildman–Crippen MR) is 119 cm³/mol. The molecule has 0 atom stereocenters. The molecule has 0 aliphatic rings. The van der Waals surface area contributed by atoms with E-state index < -0.39 is 0 Å². The summed E-state index contributed by atoms with van der Waals surface area (Å²) in [5.41, 5.74) is 4.59. The van der Waals surface area contributed by atoms with Crippen LogP contribution in [0.5, 0.6) is 0 Å². The van der Waals surface area contributed by atoms with Crippen molar-refractivity contribution in [3.63, 3.8) is 0 Å². The van der Waals surface area contributed by atoms with Gasteiger partial charge in [0.25, 0.3) is 0 Å². The second-order valence-electron chi connectivity index (χ2n) is 7.39. The van der Waals surface area contributed by atoms with Gasteiger partial charge in [-0.3, -0.25) is 0 Å². The van der Waals surface area contributed by atoms with Gasteiger partial charge in [-0.1, -0.05) is 56.3 Å². The van der Waals surface area contributed by atoms with E-state index in [0.29, 0.717) is 19.0 Å². The number of rotatable bonds is 7. The molecule has 2 aromatic carbocycles. The second kappa shape index (κ2) is 9.56. The van der Waals surface area contributed by atoms with Gasteiger partial charge in [0.1, 0.15) is 0 Å². The molecule has 28 heavy (non-hydrogen) atoms. The minimum absolute atomic E-state index is 0.0546. The van der Waals surface area contributed by atoms with Gasteiger partial charge in [0.05, 0.1) is 6.54 Å². The molecule has 0 unspecified atom stereocenters. The third-order valence-corrected chi connectivity index (χ3v) is 5.94. The molecule has 0 aliphatic heterocycles. The number of aryl methyl sites for hydroxylation is 1. The number of amides is 2. The molecule has 0 radical (unpaired) electrons. The van der Waals surface area contributed by atoms with E-state index in [2.05, 4.69) is 61.8 Å². The summed E-state index contributed by atoms with van der Waals surface area (Å²) in [6.45, 7) is 7.75. The van der Waals surface area contributed by atoms with Crippen LogP contribution in [0.1, 0.15) is 41.3 Å². The Kier molecular flexibility index (Phi) is 6.88. The Hall–Kier alpha value is -2.59. The maximum Gasteiger partial charge on any atom is 0.322 e. The largest absolute Gasteiger partial charge is 0.322 e. The van der Waals surface area contributed by atoms with E-state index in [9.17, 15) is 4.79 Å². The lowest BCUT2D eigenvalue weighted by Gasteiger charge is -2.23. The third-order valence-electron chi connectivity index (χ3n) is 4.93. The van der Waals surface area contributed by atoms with Crippen LogP contribution in [-0.2, 0) is 13.0 Å². The molecule has 4 heteroatoms. The van der Waals surface area contributed by atoms with Crippen molar-refractivity contribution >= 4 is 23.1 Å². The lowest BCUT2D eigenvalue weighted by molar-refractivity contribution is 0.210. The number of nitrogens with one attached hydrogen (secondary N) is 1. The first-order chi connectivity index (χ1) is 13.5. The normalized spacial score (nSPS) is 10.9. The number of hydrogen-bond acceptors (Lipinski definition) is 2. The van der Waals surface area contributed by atoms with Crippen LogP contribution in [0.25, 0.3) is 0 Å². The summed E-state index contributed by atoms with van der Waals surface area (Å²) in [5, 5.41) is 5.15. The lowest BCUT2D eigenvalue weighted by atomic mass is 10.0. The van der Waals surface area contributed by atoms with Crippen LogP contribution < -0.4 is 5.32 Å². The average Bonchev–Trinajstić information content (AvgIpc) is 3.10. The van der Waals surface area contributed by atoms with Crippen molar-refractivity contribution in [3.8, 4) is 0 Å². The molecule has 0 spiro atoms. The monoisotopic (exact) mass is 392 g/mol. The number of hydrogen-bond donors (Lipinski definition) is 1. The minimum atomic E-state index is -0.0546. The molecule has 1 N–H and O–H groups in total. The fourth-order valence-electron chi connectivity index (χ4n) is 3.05. The van der Waals surface area contributed by atoms with Crippen molar-refractivity contribution in [3.05, 3.63) is 87.6 Å². The van der Waals surface area contributed by atoms with Crippen molar-refractivity contribution in [2.24, 2.45) is 0 Å². The molecule has 0 saturated carbocycles. The van der Waals surface area contributed by atoms with Gasteiger partial charge in [-0.05, 0) is 59.5 Å². The number of carbonyl (C=O) groups excluding carboxylic acids is 1. The molecule has 3 nitrogen and oxygen atoms in total. The van der Waals surface area contributed by atoms with Crippen molar-refractivity contribution in [2.75, 3.05) is 11.9 Å². The Balaban J connectivity index is 1.70. The molecular weight excluding hydrogens is 364 g/mol. The third kappa shape index (κ3) is 5.46. The van der Waals surface area contributed by atoms with Gasteiger partial charge in [0.2, 0.25) is 0 Å². The smallest absolute Gasteiger partial charge is 0.319 e. The van der Waals surface area contributed by atoms with Crippen molar-refractivity contribution in [1.29, 1.82) is 0 Å². The molecule has 0 bridgehead atoms. The summed E-state index contributed by atoms with van der Waals surface area (Å²) in [4.78, 5) is 16.1. The first kappa shape index (κ1) is 20.2. The molecule has 1 heterocycles. The van der Waals surface area contributed by atoms with Crippen LogP contribution in [0, 0.1) is 6.92 Å². The molecule has 2 amide bonds. The van der Waals surface area contributed by atoms with E-state index >= 15 is 0 Å². The number of nitrogens with zero attached hydrogens (tertiary/aromatic N) is 1. The molecule has 1 aromatic heterocycles. The van der Waals surface area contributed by atoms with Gasteiger partial charge >= 0.3 is 6.03 Å². The summed E-state index contributed by atoms with van der Waals surface area (Å²) >= 11 is 1.71. The molecular formula is C24H28N2OS. The number of anilines is 1. The summed E-state index contributed by atoms with van der Waals surface area (Å²) < 4.78 is 0. The van der Waals surface area contributed by atoms with Crippen LogP contribution in [-0.4, -0.2) is 17.5 Å². The number of urea groups is 1. The van der Waals surface area contributed by atoms with Gasteiger partial charge in [-0.2, -0.15) is 0 Å². The Labute approximate surface area is 172 Å². The zero-order valence-corrected chi connectivity index (χ0v) is 17.6. The maximum atomic E-state index is 13.0. The van der Waals surface area contributed by atoms with E-state index in [1.807, 2.05) is 35.2 Å². The lowest BCUT2D eigenvalue weighted by Crippen LogP contribution is -2.36. The van der Waals surface area contributed by atoms with E-state index in [1.54, 1.807) is 11.3 Å². The van der Waals surface area contributed by atoms with Crippen LogP contribution in [0.15, 0.2) is 66.0 Å². The molecule has 146 valence electrons. The topological polar surface area (TPSA) is 32.3 Å². The Bertz CT molecular complexity index is 884. The molecule has 3 aromatic rings. The molecule has 0 fully saturated rings. The SMILES string of the molecule is Cc1ccsc1CN(CCc1ccccc1)C(=O)Nc1ccc(C(C)C)cc1.